The average Bonchev–Trinajstić information content (AvgIpc) is 2.85. The smallest absolute Gasteiger partial charge is 0.325 e. The Balaban J connectivity index is 1.89. The highest BCUT2D eigenvalue weighted by Gasteiger charge is 2.17. The lowest BCUT2D eigenvalue weighted by Crippen LogP contribution is -2.07. The van der Waals surface area contributed by atoms with Crippen LogP contribution in [0.2, 0.25) is 0 Å². The van der Waals surface area contributed by atoms with E-state index in [0.717, 1.165) is 31.9 Å². The molecule has 0 spiro atoms. The summed E-state index contributed by atoms with van der Waals surface area (Å²) in [6.07, 6.45) is 3.51. The molecule has 0 saturated carbocycles. The predicted molar refractivity (Wildman–Crippen MR) is 57.1 cm³/mol. The number of hydrogen-bond donors (Lipinski definition) is 2. The number of fused-ring (bicyclic) bond motifs is 1. The second-order valence-corrected chi connectivity index (χ2v) is 4.06. The molecule has 84 valence electrons. The van der Waals surface area contributed by atoms with Crippen LogP contribution in [0.3, 0.4) is 0 Å². The summed E-state index contributed by atoms with van der Waals surface area (Å²) in [6.45, 7) is 1.61. The van der Waals surface area contributed by atoms with Crippen molar-refractivity contribution in [1.29, 1.82) is 0 Å². The Kier molecular flexibility index (Phi) is 2.21. The maximum absolute atomic E-state index is 11.0. The summed E-state index contributed by atoms with van der Waals surface area (Å²) >= 11 is 0. The molecule has 2 aromatic rings. The van der Waals surface area contributed by atoms with Crippen LogP contribution in [0.4, 0.5) is 0 Å². The molecule has 1 unspecified atom stereocenters. The third-order valence-electron chi connectivity index (χ3n) is 2.81. The largest absolute Gasteiger partial charge is 0.381 e. The molecular weight excluding hydrogens is 208 g/mol. The molecule has 0 bridgehead atoms. The van der Waals surface area contributed by atoms with E-state index >= 15 is 0 Å². The SMILES string of the molecule is O=c1[nH]c2cnc(CC3CCOC3)nc2[nH]1. The van der Waals surface area contributed by atoms with Crippen LogP contribution < -0.4 is 5.69 Å². The van der Waals surface area contributed by atoms with Gasteiger partial charge in [-0.05, 0) is 12.3 Å². The standard InChI is InChI=1S/C10H12N4O2/c15-10-12-7-4-11-8(13-9(7)14-10)3-6-1-2-16-5-6/h4,6H,1-3,5H2,(H2,11,12,13,14,15). The van der Waals surface area contributed by atoms with E-state index in [4.69, 9.17) is 4.74 Å². The Morgan fingerprint density at radius 3 is 3.25 bits per heavy atom. The summed E-state index contributed by atoms with van der Waals surface area (Å²) in [5, 5.41) is 0. The van der Waals surface area contributed by atoms with Crippen molar-refractivity contribution in [3.63, 3.8) is 0 Å². The van der Waals surface area contributed by atoms with Gasteiger partial charge < -0.3 is 9.72 Å². The Labute approximate surface area is 91.1 Å². The zero-order chi connectivity index (χ0) is 11.0. The molecule has 6 nitrogen and oxygen atoms in total. The van der Waals surface area contributed by atoms with Gasteiger partial charge in [-0.25, -0.2) is 14.8 Å². The number of aromatic amines is 2. The summed E-state index contributed by atoms with van der Waals surface area (Å²) in [6, 6.07) is 0. The van der Waals surface area contributed by atoms with Crippen molar-refractivity contribution in [2.24, 2.45) is 5.92 Å². The minimum atomic E-state index is -0.245. The Bertz CT molecular complexity index is 553. The molecule has 1 fully saturated rings. The second-order valence-electron chi connectivity index (χ2n) is 4.06. The van der Waals surface area contributed by atoms with Crippen LogP contribution in [0.1, 0.15) is 12.2 Å². The van der Waals surface area contributed by atoms with Gasteiger partial charge in [-0.15, -0.1) is 0 Å². The van der Waals surface area contributed by atoms with Gasteiger partial charge in [-0.3, -0.25) is 4.98 Å². The Hall–Kier alpha value is -1.69. The molecule has 6 heteroatoms. The first-order valence-electron chi connectivity index (χ1n) is 5.33. The number of ether oxygens (including phenoxy) is 1. The molecule has 0 aliphatic carbocycles. The van der Waals surface area contributed by atoms with E-state index in [9.17, 15) is 4.79 Å². The maximum Gasteiger partial charge on any atom is 0.325 e. The van der Waals surface area contributed by atoms with Crippen molar-refractivity contribution in [3.05, 3.63) is 22.5 Å². The molecule has 1 aliphatic heterocycles. The van der Waals surface area contributed by atoms with Crippen molar-refractivity contribution in [1.82, 2.24) is 19.9 Å². The lowest BCUT2D eigenvalue weighted by atomic mass is 10.1. The van der Waals surface area contributed by atoms with E-state index in [-0.39, 0.29) is 5.69 Å². The molecule has 1 atom stereocenters. The van der Waals surface area contributed by atoms with Gasteiger partial charge in [0.05, 0.1) is 6.20 Å². The van der Waals surface area contributed by atoms with Gasteiger partial charge in [0.25, 0.3) is 0 Å². The number of aromatic nitrogens is 4. The lowest BCUT2D eigenvalue weighted by Gasteiger charge is -2.04. The van der Waals surface area contributed by atoms with Gasteiger partial charge in [0.15, 0.2) is 5.65 Å². The molecule has 3 heterocycles. The van der Waals surface area contributed by atoms with Crippen molar-refractivity contribution < 1.29 is 4.74 Å². The van der Waals surface area contributed by atoms with E-state index in [2.05, 4.69) is 19.9 Å². The summed E-state index contributed by atoms with van der Waals surface area (Å²) in [4.78, 5) is 24.8. The maximum atomic E-state index is 11.0. The fourth-order valence-electron chi connectivity index (χ4n) is 1.97. The minimum Gasteiger partial charge on any atom is -0.381 e. The van der Waals surface area contributed by atoms with Gasteiger partial charge in [0.2, 0.25) is 0 Å². The van der Waals surface area contributed by atoms with Crippen molar-refractivity contribution in [2.45, 2.75) is 12.8 Å². The van der Waals surface area contributed by atoms with Crippen LogP contribution in [0.5, 0.6) is 0 Å². The lowest BCUT2D eigenvalue weighted by molar-refractivity contribution is 0.185. The summed E-state index contributed by atoms with van der Waals surface area (Å²) in [5.41, 5.74) is 0.982. The highest BCUT2D eigenvalue weighted by molar-refractivity contribution is 5.67. The van der Waals surface area contributed by atoms with Crippen LogP contribution in [-0.2, 0) is 11.2 Å². The third-order valence-corrected chi connectivity index (χ3v) is 2.81. The Morgan fingerprint density at radius 2 is 2.44 bits per heavy atom. The van der Waals surface area contributed by atoms with E-state index in [0.29, 0.717) is 17.1 Å². The van der Waals surface area contributed by atoms with Crippen molar-refractivity contribution in [3.8, 4) is 0 Å². The third kappa shape index (κ3) is 1.71. The molecule has 0 aromatic carbocycles. The van der Waals surface area contributed by atoms with Crippen LogP contribution in [0.15, 0.2) is 11.0 Å². The van der Waals surface area contributed by atoms with Gasteiger partial charge in [-0.1, -0.05) is 0 Å². The van der Waals surface area contributed by atoms with Crippen molar-refractivity contribution in [2.75, 3.05) is 13.2 Å². The molecule has 2 N–H and O–H groups in total. The summed E-state index contributed by atoms with van der Waals surface area (Å²) in [5.74, 6) is 1.27. The van der Waals surface area contributed by atoms with Crippen LogP contribution in [0.25, 0.3) is 11.2 Å². The zero-order valence-electron chi connectivity index (χ0n) is 8.69. The van der Waals surface area contributed by atoms with E-state index in [1.807, 2.05) is 0 Å². The number of hydrogen-bond acceptors (Lipinski definition) is 4. The zero-order valence-corrected chi connectivity index (χ0v) is 8.69. The minimum absolute atomic E-state index is 0.245. The van der Waals surface area contributed by atoms with Crippen LogP contribution in [-0.4, -0.2) is 33.1 Å². The van der Waals surface area contributed by atoms with Gasteiger partial charge in [0.1, 0.15) is 11.3 Å². The molecule has 3 rings (SSSR count). The van der Waals surface area contributed by atoms with Gasteiger partial charge >= 0.3 is 5.69 Å². The number of nitrogens with one attached hydrogen (secondary N) is 2. The van der Waals surface area contributed by atoms with E-state index in [1.165, 1.54) is 0 Å². The van der Waals surface area contributed by atoms with Gasteiger partial charge in [0, 0.05) is 19.6 Å². The first kappa shape index (κ1) is 9.53. The first-order chi connectivity index (χ1) is 7.81. The average molecular weight is 220 g/mol. The highest BCUT2D eigenvalue weighted by Crippen LogP contribution is 2.16. The number of imidazole rings is 1. The molecule has 1 aliphatic rings. The summed E-state index contributed by atoms with van der Waals surface area (Å²) in [7, 11) is 0. The number of nitrogens with zero attached hydrogens (tertiary/aromatic N) is 2. The number of rotatable bonds is 2. The predicted octanol–water partition coefficient (Wildman–Crippen LogP) is 0.225. The molecular formula is C10H12N4O2. The van der Waals surface area contributed by atoms with E-state index in [1.54, 1.807) is 6.20 Å². The van der Waals surface area contributed by atoms with Gasteiger partial charge in [-0.2, -0.15) is 0 Å². The highest BCUT2D eigenvalue weighted by atomic mass is 16.5. The molecule has 0 amide bonds. The quantitative estimate of drug-likeness (QED) is 0.758. The van der Waals surface area contributed by atoms with E-state index < -0.39 is 0 Å². The fourth-order valence-corrected chi connectivity index (χ4v) is 1.97. The molecule has 2 aromatic heterocycles. The number of H-pyrrole nitrogens is 2. The molecule has 0 radical (unpaired) electrons. The monoisotopic (exact) mass is 220 g/mol. The molecule has 16 heavy (non-hydrogen) atoms. The van der Waals surface area contributed by atoms with Crippen LogP contribution in [0, 0.1) is 5.92 Å². The first-order valence-corrected chi connectivity index (χ1v) is 5.33. The fraction of sp³-hybridized carbons (Fsp3) is 0.500. The second kappa shape index (κ2) is 3.71. The normalized spacial score (nSPS) is 20.6. The Morgan fingerprint density at radius 1 is 1.50 bits per heavy atom. The molecule has 1 saturated heterocycles. The summed E-state index contributed by atoms with van der Waals surface area (Å²) < 4.78 is 5.30. The topological polar surface area (TPSA) is 83.7 Å². The van der Waals surface area contributed by atoms with Crippen LogP contribution >= 0.6 is 0 Å². The van der Waals surface area contributed by atoms with Crippen molar-refractivity contribution >= 4 is 11.2 Å².